The molecule has 0 bridgehead atoms. The molecule has 0 aliphatic carbocycles. The molecule has 0 spiro atoms. The molecule has 0 saturated heterocycles. The smallest absolute Gasteiger partial charge is 0.0103 e. The highest BCUT2D eigenvalue weighted by atomic mass is 14.2. The van der Waals surface area contributed by atoms with E-state index in [1.165, 1.54) is 264 Å². The van der Waals surface area contributed by atoms with Gasteiger partial charge in [0.1, 0.15) is 0 Å². The molecule has 0 amide bonds. The summed E-state index contributed by atoms with van der Waals surface area (Å²) in [6.07, 6.45) is 0. The third-order valence-electron chi connectivity index (χ3n) is 27.9. The molecule has 24 aromatic rings. The highest BCUT2D eigenvalue weighted by molar-refractivity contribution is 6.02. The summed E-state index contributed by atoms with van der Waals surface area (Å²) >= 11 is 0. The van der Waals surface area contributed by atoms with E-state index in [-0.39, 0.29) is 0 Å². The van der Waals surface area contributed by atoms with E-state index < -0.39 is 0 Å². The van der Waals surface area contributed by atoms with Gasteiger partial charge < -0.3 is 0 Å². The maximum Gasteiger partial charge on any atom is -0.0103 e. The first kappa shape index (κ1) is 98.9. The molecule has 0 radical (unpaired) electrons. The second-order valence-corrected chi connectivity index (χ2v) is 38.8. The Labute approximate surface area is 854 Å². The summed E-state index contributed by atoms with van der Waals surface area (Å²) < 4.78 is 0. The first-order valence-corrected chi connectivity index (χ1v) is 50.5. The number of benzene rings is 24. The van der Waals surface area contributed by atoms with E-state index >= 15 is 0 Å². The minimum Gasteiger partial charge on any atom is -0.0620 e. The van der Waals surface area contributed by atoms with E-state index in [2.05, 4.69) is 596 Å². The molecule has 0 saturated carbocycles. The second kappa shape index (κ2) is 46.2. The lowest BCUT2D eigenvalue weighted by molar-refractivity contribution is 1.45. The van der Waals surface area contributed by atoms with Gasteiger partial charge in [-0.05, 0) is 384 Å². The Bertz CT molecular complexity index is 8620. The summed E-state index contributed by atoms with van der Waals surface area (Å²) in [5.41, 5.74) is 42.0. The van der Waals surface area contributed by atoms with Crippen LogP contribution in [0, 0.1) is 111 Å². The maximum atomic E-state index is 2.28. The molecular weight excluding hydrogens is 1730 g/mol. The van der Waals surface area contributed by atoms with Crippen LogP contribution < -0.4 is 0 Å². The van der Waals surface area contributed by atoms with Gasteiger partial charge in [-0.25, -0.2) is 0 Å². The van der Waals surface area contributed by atoms with Crippen molar-refractivity contribution in [1.29, 1.82) is 0 Å². The molecule has 0 aliphatic heterocycles. The van der Waals surface area contributed by atoms with E-state index in [1.54, 1.807) is 0 Å². The Morgan fingerprint density at radius 2 is 0.326 bits per heavy atom. The van der Waals surface area contributed by atoms with E-state index in [0.29, 0.717) is 0 Å². The molecule has 144 heavy (non-hydrogen) atoms. The lowest BCUT2D eigenvalue weighted by Gasteiger charge is -2.11. The van der Waals surface area contributed by atoms with Crippen molar-refractivity contribution in [2.75, 3.05) is 0 Å². The quantitative estimate of drug-likeness (QED) is 0.142. The predicted octanol–water partition coefficient (Wildman–Crippen LogP) is 41.0. The van der Waals surface area contributed by atoms with Gasteiger partial charge in [-0.15, -0.1) is 0 Å². The van der Waals surface area contributed by atoms with Gasteiger partial charge >= 0.3 is 0 Å². The Morgan fingerprint density at radius 1 is 0.0903 bits per heavy atom. The van der Waals surface area contributed by atoms with Crippen molar-refractivity contribution in [3.05, 3.63) is 574 Å². The number of rotatable bonds is 8. The van der Waals surface area contributed by atoms with Gasteiger partial charge in [-0.1, -0.05) is 477 Å². The van der Waals surface area contributed by atoms with Crippen LogP contribution in [0.3, 0.4) is 0 Å². The molecule has 0 heterocycles. The zero-order valence-corrected chi connectivity index (χ0v) is 86.2. The molecule has 0 nitrogen and oxygen atoms in total. The van der Waals surface area contributed by atoms with E-state index in [1.807, 2.05) is 0 Å². The molecule has 0 unspecified atom stereocenters. The monoisotopic (exact) mass is 1860 g/mol. The highest BCUT2D eigenvalue weighted by Crippen LogP contribution is 2.39. The maximum absolute atomic E-state index is 2.28. The van der Waals surface area contributed by atoms with E-state index in [4.69, 9.17) is 0 Å². The van der Waals surface area contributed by atoms with Crippen LogP contribution in [0.15, 0.2) is 485 Å². The largest absolute Gasteiger partial charge is 0.0620 e. The highest BCUT2D eigenvalue weighted by Gasteiger charge is 2.14. The van der Waals surface area contributed by atoms with E-state index in [0.717, 1.165) is 0 Å². The van der Waals surface area contributed by atoms with Crippen molar-refractivity contribution >= 4 is 86.2 Å². The van der Waals surface area contributed by atoms with Crippen LogP contribution >= 0.6 is 0 Å². The minimum atomic E-state index is 1.28. The van der Waals surface area contributed by atoms with Crippen LogP contribution in [0.1, 0.15) is 89.0 Å². The summed E-state index contributed by atoms with van der Waals surface area (Å²) in [7, 11) is 0. The molecule has 704 valence electrons. The molecule has 0 N–H and O–H groups in total. The Hall–Kier alpha value is -16.6. The summed E-state index contributed by atoms with van der Waals surface area (Å²) in [6, 6.07) is 174. The van der Waals surface area contributed by atoms with Gasteiger partial charge in [0.05, 0.1) is 0 Å². The average molecular weight is 1860 g/mol. The third kappa shape index (κ3) is 24.0. The van der Waals surface area contributed by atoms with Crippen molar-refractivity contribution in [2.24, 2.45) is 0 Å². The number of aryl methyl sites for hydroxylation is 16. The van der Waals surface area contributed by atoms with Crippen molar-refractivity contribution in [3.8, 4) is 89.0 Å². The summed E-state index contributed by atoms with van der Waals surface area (Å²) in [4.78, 5) is 0. The predicted molar refractivity (Wildman–Crippen MR) is 631 cm³/mol. The fourth-order valence-corrected chi connectivity index (χ4v) is 19.9. The van der Waals surface area contributed by atoms with Crippen LogP contribution in [0.5, 0.6) is 0 Å². The normalized spacial score (nSPS) is 10.8. The molecule has 0 aliphatic rings. The Morgan fingerprint density at radius 3 is 0.743 bits per heavy atom. The molecule has 0 fully saturated rings. The molecule has 0 heteroatoms. The lowest BCUT2D eigenvalue weighted by atomic mass is 9.93. The second-order valence-electron chi connectivity index (χ2n) is 38.8. The van der Waals surface area contributed by atoms with Gasteiger partial charge in [0.25, 0.3) is 0 Å². The summed E-state index contributed by atoms with van der Waals surface area (Å²) in [5.74, 6) is 0. The van der Waals surface area contributed by atoms with Gasteiger partial charge in [0, 0.05) is 0 Å². The molecule has 24 rings (SSSR count). The van der Waals surface area contributed by atoms with Gasteiger partial charge in [-0.3, -0.25) is 0 Å². The number of hydrogen-bond acceptors (Lipinski definition) is 0. The van der Waals surface area contributed by atoms with Crippen LogP contribution in [0.4, 0.5) is 0 Å². The lowest BCUT2D eigenvalue weighted by Crippen LogP contribution is -1.86. The Balaban J connectivity index is 0.000000113. The first-order valence-electron chi connectivity index (χ1n) is 50.5. The van der Waals surface area contributed by atoms with Crippen LogP contribution in [0.25, 0.3) is 175 Å². The number of fused-ring (bicyclic) bond motifs is 8. The zero-order valence-electron chi connectivity index (χ0n) is 86.2. The van der Waals surface area contributed by atoms with Gasteiger partial charge in [0.15, 0.2) is 0 Å². The van der Waals surface area contributed by atoms with E-state index in [9.17, 15) is 0 Å². The Kier molecular flexibility index (Phi) is 31.7. The standard InChI is InChI=1S/8C18H16/c1-13-5-3-7-15(11-13)16-9-10-18-14(2)6-4-8-17(18)12-16;1-13-7-3-5-9-17(13)16-11-14(2)18-10-6-4-8-15(18)12-16;1-13-6-5-7-15(12-13)17-11-10-14(2)16-8-3-4-9-18(16)17;1-13-6-5-8-15(10-13)17-11-14(2)18-9-4-3-7-16(18)12-17;1-13-7-3-4-8-15(13)18-12-11-14(2)16-9-5-6-10-17(16)18;1-13-6-3-4-9-17(13)16-10-11-18-14(2)7-5-8-15(18)12-16;1-13-6-8-15(9-7-13)16-10-11-18-14(2)4-3-5-17(18)12-16;1-13-7-9-15(10-8-13)17-11-14(2)18-6-4-3-5-16(18)12-17/h8*3-12H,1-2H3. The SMILES string of the molecule is Cc1ccc(-c2cc(C)c3ccccc3c2)cc1.Cc1ccc(-c2ccc3c(C)cccc3c2)cc1.Cc1cccc(-c2cc(C)c3ccccc3c2)c1.Cc1cccc(-c2ccc(C)c3ccccc23)c1.Cc1cccc(-c2ccc3c(C)cccc3c2)c1.Cc1ccccc1-c1cc(C)c2ccccc2c1.Cc1ccccc1-c1ccc(C)c2ccccc12.Cc1ccccc1-c1ccc2c(C)cccc2c1. The zero-order chi connectivity index (χ0) is 100. The molecular formula is C144H128. The molecule has 0 aromatic heterocycles. The first-order chi connectivity index (χ1) is 70.0. The third-order valence-corrected chi connectivity index (χ3v) is 27.9. The summed E-state index contributed by atoms with van der Waals surface area (Å²) in [6.45, 7) is 34.5. The molecule has 24 aromatic carbocycles. The van der Waals surface area contributed by atoms with Gasteiger partial charge in [0.2, 0.25) is 0 Å². The topological polar surface area (TPSA) is 0 Å². The van der Waals surface area contributed by atoms with Crippen molar-refractivity contribution in [2.45, 2.75) is 111 Å². The summed E-state index contributed by atoms with van der Waals surface area (Å²) in [5, 5.41) is 21.3. The average Bonchev–Trinajstić information content (AvgIpc) is 0.765. The van der Waals surface area contributed by atoms with Crippen LogP contribution in [-0.2, 0) is 0 Å². The number of hydrogen-bond donors (Lipinski definition) is 0. The van der Waals surface area contributed by atoms with Crippen LogP contribution in [0.2, 0.25) is 0 Å². The minimum absolute atomic E-state index is 1.28. The van der Waals surface area contributed by atoms with Gasteiger partial charge in [-0.2, -0.15) is 0 Å². The van der Waals surface area contributed by atoms with Crippen molar-refractivity contribution < 1.29 is 0 Å². The van der Waals surface area contributed by atoms with Crippen molar-refractivity contribution in [3.63, 3.8) is 0 Å². The molecule has 0 atom stereocenters. The van der Waals surface area contributed by atoms with Crippen molar-refractivity contribution in [1.82, 2.24) is 0 Å². The van der Waals surface area contributed by atoms with Crippen LogP contribution in [-0.4, -0.2) is 0 Å². The fraction of sp³-hybridized carbons (Fsp3) is 0.111. The fourth-order valence-electron chi connectivity index (χ4n) is 19.9.